The molecule has 0 atom stereocenters. The van der Waals surface area contributed by atoms with Gasteiger partial charge in [0.15, 0.2) is 0 Å². The number of carbonyl (C=O) groups excluding carboxylic acids is 1. The normalized spacial score (nSPS) is 10.6. The lowest BCUT2D eigenvalue weighted by molar-refractivity contribution is -0.124. The van der Waals surface area contributed by atoms with E-state index in [4.69, 9.17) is 11.6 Å². The Bertz CT molecular complexity index is 377. The van der Waals surface area contributed by atoms with E-state index in [0.717, 1.165) is 5.56 Å². The molecule has 0 N–H and O–H groups in total. The standard InChI is InChI=1S/C11H13ClN2O/c1-3-14(2)11(15)5-4-9-6-7-13-10(12)8-9/h4-8H,3H2,1-2H3/b5-4+. The van der Waals surface area contributed by atoms with E-state index < -0.39 is 0 Å². The lowest BCUT2D eigenvalue weighted by Gasteiger charge is -2.10. The second-order valence-electron chi connectivity index (χ2n) is 3.10. The largest absolute Gasteiger partial charge is 0.343 e. The Morgan fingerprint density at radius 2 is 2.40 bits per heavy atom. The molecular weight excluding hydrogens is 212 g/mol. The van der Waals surface area contributed by atoms with E-state index in [-0.39, 0.29) is 5.91 Å². The summed E-state index contributed by atoms with van der Waals surface area (Å²) in [6.07, 6.45) is 4.85. The third-order valence-electron chi connectivity index (χ3n) is 2.02. The molecule has 0 aliphatic heterocycles. The molecule has 3 nitrogen and oxygen atoms in total. The van der Waals surface area contributed by atoms with Crippen LogP contribution in [0.3, 0.4) is 0 Å². The van der Waals surface area contributed by atoms with Gasteiger partial charge in [-0.2, -0.15) is 0 Å². The number of aromatic nitrogens is 1. The van der Waals surface area contributed by atoms with Crippen LogP contribution in [-0.2, 0) is 4.79 Å². The van der Waals surface area contributed by atoms with Gasteiger partial charge in [-0.1, -0.05) is 11.6 Å². The minimum absolute atomic E-state index is 0.0227. The summed E-state index contributed by atoms with van der Waals surface area (Å²) < 4.78 is 0. The van der Waals surface area contributed by atoms with Gasteiger partial charge in [-0.3, -0.25) is 4.79 Å². The fourth-order valence-corrected chi connectivity index (χ4v) is 1.15. The predicted octanol–water partition coefficient (Wildman–Crippen LogP) is 2.23. The van der Waals surface area contributed by atoms with Crippen LogP contribution < -0.4 is 0 Å². The fraction of sp³-hybridized carbons (Fsp3) is 0.273. The summed E-state index contributed by atoms with van der Waals surface area (Å²) in [5.74, 6) is -0.0227. The molecule has 0 aliphatic rings. The van der Waals surface area contributed by atoms with E-state index in [1.807, 2.05) is 6.92 Å². The molecule has 1 amide bonds. The smallest absolute Gasteiger partial charge is 0.246 e. The summed E-state index contributed by atoms with van der Waals surface area (Å²) in [5, 5.41) is 0.424. The van der Waals surface area contributed by atoms with Crippen molar-refractivity contribution in [3.8, 4) is 0 Å². The van der Waals surface area contributed by atoms with Gasteiger partial charge in [0.2, 0.25) is 5.91 Å². The molecule has 0 aliphatic carbocycles. The molecule has 0 saturated carbocycles. The average Bonchev–Trinajstić information content (AvgIpc) is 2.25. The quantitative estimate of drug-likeness (QED) is 0.583. The van der Waals surface area contributed by atoms with E-state index in [2.05, 4.69) is 4.98 Å². The summed E-state index contributed by atoms with van der Waals surface area (Å²) in [4.78, 5) is 16.9. The number of hydrogen-bond acceptors (Lipinski definition) is 2. The highest BCUT2D eigenvalue weighted by molar-refractivity contribution is 6.29. The summed E-state index contributed by atoms with van der Waals surface area (Å²) in [5.41, 5.74) is 0.868. The molecule has 0 bridgehead atoms. The molecule has 0 radical (unpaired) electrons. The van der Waals surface area contributed by atoms with E-state index >= 15 is 0 Å². The van der Waals surface area contributed by atoms with Crippen LogP contribution in [0.4, 0.5) is 0 Å². The monoisotopic (exact) mass is 224 g/mol. The van der Waals surface area contributed by atoms with Gasteiger partial charge >= 0.3 is 0 Å². The average molecular weight is 225 g/mol. The second-order valence-corrected chi connectivity index (χ2v) is 3.48. The Morgan fingerprint density at radius 1 is 1.67 bits per heavy atom. The van der Waals surface area contributed by atoms with Crippen molar-refractivity contribution in [2.45, 2.75) is 6.92 Å². The van der Waals surface area contributed by atoms with Crippen LogP contribution in [0.2, 0.25) is 5.15 Å². The molecular formula is C11H13ClN2O. The highest BCUT2D eigenvalue weighted by atomic mass is 35.5. The highest BCUT2D eigenvalue weighted by Gasteiger charge is 2.00. The Morgan fingerprint density at radius 3 is 3.00 bits per heavy atom. The fourth-order valence-electron chi connectivity index (χ4n) is 0.972. The number of amides is 1. The van der Waals surface area contributed by atoms with Crippen molar-refractivity contribution in [2.75, 3.05) is 13.6 Å². The molecule has 0 aromatic carbocycles. The van der Waals surface area contributed by atoms with E-state index in [0.29, 0.717) is 11.7 Å². The zero-order chi connectivity index (χ0) is 11.3. The topological polar surface area (TPSA) is 33.2 Å². The molecule has 15 heavy (non-hydrogen) atoms. The first-order valence-electron chi connectivity index (χ1n) is 4.68. The van der Waals surface area contributed by atoms with Crippen LogP contribution >= 0.6 is 11.6 Å². The number of likely N-dealkylation sites (N-methyl/N-ethyl adjacent to an activating group) is 1. The Labute approximate surface area is 94.4 Å². The van der Waals surface area contributed by atoms with E-state index in [1.165, 1.54) is 6.08 Å². The van der Waals surface area contributed by atoms with Gasteiger partial charge < -0.3 is 4.90 Å². The third kappa shape index (κ3) is 3.72. The van der Waals surface area contributed by atoms with Crippen LogP contribution in [-0.4, -0.2) is 29.4 Å². The van der Waals surface area contributed by atoms with Crippen molar-refractivity contribution in [1.82, 2.24) is 9.88 Å². The molecule has 1 aromatic heterocycles. The third-order valence-corrected chi connectivity index (χ3v) is 2.23. The number of carbonyl (C=O) groups is 1. The van der Waals surface area contributed by atoms with Crippen molar-refractivity contribution in [1.29, 1.82) is 0 Å². The van der Waals surface area contributed by atoms with Crippen LogP contribution in [0, 0.1) is 0 Å². The summed E-state index contributed by atoms with van der Waals surface area (Å²) >= 11 is 5.71. The van der Waals surface area contributed by atoms with Gasteiger partial charge in [-0.25, -0.2) is 4.98 Å². The first-order valence-corrected chi connectivity index (χ1v) is 5.06. The molecule has 4 heteroatoms. The van der Waals surface area contributed by atoms with E-state index in [9.17, 15) is 4.79 Å². The maximum Gasteiger partial charge on any atom is 0.246 e. The zero-order valence-electron chi connectivity index (χ0n) is 8.77. The van der Waals surface area contributed by atoms with Crippen molar-refractivity contribution >= 4 is 23.6 Å². The van der Waals surface area contributed by atoms with Crippen molar-refractivity contribution in [3.05, 3.63) is 35.1 Å². The minimum Gasteiger partial charge on any atom is -0.343 e. The number of hydrogen-bond donors (Lipinski definition) is 0. The number of rotatable bonds is 3. The maximum atomic E-state index is 11.4. The molecule has 0 saturated heterocycles. The van der Waals surface area contributed by atoms with Crippen molar-refractivity contribution in [3.63, 3.8) is 0 Å². The van der Waals surface area contributed by atoms with Crippen LogP contribution in [0.25, 0.3) is 6.08 Å². The van der Waals surface area contributed by atoms with Gasteiger partial charge in [-0.05, 0) is 30.7 Å². The van der Waals surface area contributed by atoms with Gasteiger partial charge in [-0.15, -0.1) is 0 Å². The molecule has 1 rings (SSSR count). The van der Waals surface area contributed by atoms with Crippen LogP contribution in [0.15, 0.2) is 24.4 Å². The molecule has 0 spiro atoms. The number of halogens is 1. The second kappa shape index (κ2) is 5.51. The Hall–Kier alpha value is -1.35. The van der Waals surface area contributed by atoms with Crippen LogP contribution in [0.1, 0.15) is 12.5 Å². The summed E-state index contributed by atoms with van der Waals surface area (Å²) in [6.45, 7) is 2.62. The van der Waals surface area contributed by atoms with Gasteiger partial charge in [0.1, 0.15) is 5.15 Å². The SMILES string of the molecule is CCN(C)C(=O)/C=C/c1ccnc(Cl)c1. The van der Waals surface area contributed by atoms with E-state index in [1.54, 1.807) is 36.4 Å². The summed E-state index contributed by atoms with van der Waals surface area (Å²) in [7, 11) is 1.76. The summed E-state index contributed by atoms with van der Waals surface area (Å²) in [6, 6.07) is 3.50. The minimum atomic E-state index is -0.0227. The predicted molar refractivity (Wildman–Crippen MR) is 61.6 cm³/mol. The maximum absolute atomic E-state index is 11.4. The van der Waals surface area contributed by atoms with Crippen molar-refractivity contribution in [2.24, 2.45) is 0 Å². The first-order chi connectivity index (χ1) is 7.13. The molecule has 1 aromatic rings. The number of nitrogens with zero attached hydrogens (tertiary/aromatic N) is 2. The van der Waals surface area contributed by atoms with Gasteiger partial charge in [0.25, 0.3) is 0 Å². The van der Waals surface area contributed by atoms with Crippen molar-refractivity contribution < 1.29 is 4.79 Å². The van der Waals surface area contributed by atoms with Gasteiger partial charge in [0.05, 0.1) is 0 Å². The Kier molecular flexibility index (Phi) is 4.31. The molecule has 0 fully saturated rings. The lowest BCUT2D eigenvalue weighted by Crippen LogP contribution is -2.23. The molecule has 0 unspecified atom stereocenters. The lowest BCUT2D eigenvalue weighted by atomic mass is 10.2. The highest BCUT2D eigenvalue weighted by Crippen LogP contribution is 2.08. The van der Waals surface area contributed by atoms with Crippen LogP contribution in [0.5, 0.6) is 0 Å². The molecule has 80 valence electrons. The molecule has 1 heterocycles. The number of pyridine rings is 1. The first kappa shape index (κ1) is 11.7. The Balaban J connectivity index is 2.69. The zero-order valence-corrected chi connectivity index (χ0v) is 9.53. The van der Waals surface area contributed by atoms with Gasteiger partial charge in [0, 0.05) is 25.9 Å².